The molecule has 0 saturated carbocycles. The Hall–Kier alpha value is -0.490. The van der Waals surface area contributed by atoms with Crippen molar-refractivity contribution in [2.75, 3.05) is 6.61 Å². The summed E-state index contributed by atoms with van der Waals surface area (Å²) in [6, 6.07) is 4.96. The Morgan fingerprint density at radius 1 is 1.56 bits per heavy atom. The summed E-state index contributed by atoms with van der Waals surface area (Å²) in [7, 11) is 0. The van der Waals surface area contributed by atoms with Crippen LogP contribution in [-0.2, 0) is 4.74 Å². The van der Waals surface area contributed by atoms with Gasteiger partial charge in [-0.2, -0.15) is 0 Å². The molecule has 0 bridgehead atoms. The number of nitrogens with one attached hydrogen (secondary N) is 1. The fraction of sp³-hybridized carbons (Fsp3) is 0.538. The third kappa shape index (κ3) is 3.29. The Kier molecular flexibility index (Phi) is 5.12. The van der Waals surface area contributed by atoms with Crippen molar-refractivity contribution in [2.45, 2.75) is 37.8 Å². The summed E-state index contributed by atoms with van der Waals surface area (Å²) in [5, 5.41) is 0. The van der Waals surface area contributed by atoms with Gasteiger partial charge in [0, 0.05) is 12.6 Å². The number of benzene rings is 1. The molecule has 2 unspecified atom stereocenters. The fourth-order valence-corrected chi connectivity index (χ4v) is 2.88. The number of hydrogen-bond acceptors (Lipinski definition) is 3. The van der Waals surface area contributed by atoms with Crippen LogP contribution in [0.1, 0.15) is 37.3 Å². The summed E-state index contributed by atoms with van der Waals surface area (Å²) in [6.45, 7) is 0.856. The van der Waals surface area contributed by atoms with Crippen molar-refractivity contribution in [3.8, 4) is 0 Å². The van der Waals surface area contributed by atoms with E-state index in [2.05, 4.69) is 21.4 Å². The molecule has 1 aromatic carbocycles. The highest BCUT2D eigenvalue weighted by Gasteiger charge is 2.20. The van der Waals surface area contributed by atoms with Crippen molar-refractivity contribution in [2.24, 2.45) is 5.84 Å². The van der Waals surface area contributed by atoms with E-state index >= 15 is 0 Å². The van der Waals surface area contributed by atoms with E-state index in [0.717, 1.165) is 37.9 Å². The molecule has 0 radical (unpaired) electrons. The molecule has 2 atom stereocenters. The van der Waals surface area contributed by atoms with Crippen LogP contribution < -0.4 is 11.3 Å². The molecule has 100 valence electrons. The molecular weight excluding hydrogens is 299 g/mol. The summed E-state index contributed by atoms with van der Waals surface area (Å²) >= 11 is 3.27. The normalized spacial score (nSPS) is 21.2. The molecule has 1 aliphatic heterocycles. The van der Waals surface area contributed by atoms with Crippen LogP contribution in [0.15, 0.2) is 22.7 Å². The molecule has 18 heavy (non-hydrogen) atoms. The quantitative estimate of drug-likeness (QED) is 0.648. The van der Waals surface area contributed by atoms with Crippen LogP contribution in [0.25, 0.3) is 0 Å². The third-order valence-corrected chi connectivity index (χ3v) is 4.20. The van der Waals surface area contributed by atoms with Crippen molar-refractivity contribution in [1.29, 1.82) is 0 Å². The first-order chi connectivity index (χ1) is 8.72. The molecular formula is C13H18BrFN2O. The fourth-order valence-electron chi connectivity index (χ4n) is 2.34. The van der Waals surface area contributed by atoms with Gasteiger partial charge >= 0.3 is 0 Å². The van der Waals surface area contributed by atoms with Gasteiger partial charge in [0.05, 0.1) is 10.6 Å². The second-order valence-corrected chi connectivity index (χ2v) is 5.37. The van der Waals surface area contributed by atoms with Crippen molar-refractivity contribution < 1.29 is 9.13 Å². The average Bonchev–Trinajstić information content (AvgIpc) is 2.88. The molecule has 0 spiro atoms. The predicted octanol–water partition coefficient (Wildman–Crippen LogP) is 3.05. The topological polar surface area (TPSA) is 47.3 Å². The van der Waals surface area contributed by atoms with E-state index in [-0.39, 0.29) is 11.9 Å². The summed E-state index contributed by atoms with van der Waals surface area (Å²) in [6.07, 6.45) is 4.35. The Morgan fingerprint density at radius 2 is 2.39 bits per heavy atom. The van der Waals surface area contributed by atoms with Crippen LogP contribution in [0.4, 0.5) is 4.39 Å². The molecule has 3 N–H and O–H groups in total. The van der Waals surface area contributed by atoms with E-state index in [0.29, 0.717) is 10.6 Å². The second kappa shape index (κ2) is 6.61. The van der Waals surface area contributed by atoms with Crippen LogP contribution >= 0.6 is 15.9 Å². The van der Waals surface area contributed by atoms with Gasteiger partial charge in [0.1, 0.15) is 5.82 Å². The monoisotopic (exact) mass is 316 g/mol. The first kappa shape index (κ1) is 13.9. The van der Waals surface area contributed by atoms with Gasteiger partial charge in [0.25, 0.3) is 0 Å². The Labute approximate surface area is 115 Å². The van der Waals surface area contributed by atoms with E-state index < -0.39 is 0 Å². The van der Waals surface area contributed by atoms with Crippen molar-refractivity contribution in [1.82, 2.24) is 5.43 Å². The Balaban J connectivity index is 2.00. The van der Waals surface area contributed by atoms with Crippen LogP contribution in [0, 0.1) is 5.82 Å². The summed E-state index contributed by atoms with van der Waals surface area (Å²) < 4.78 is 19.5. The number of rotatable bonds is 5. The van der Waals surface area contributed by atoms with Gasteiger partial charge in [0.15, 0.2) is 0 Å². The second-order valence-electron chi connectivity index (χ2n) is 4.57. The number of halogens is 2. The zero-order valence-corrected chi connectivity index (χ0v) is 11.7. The first-order valence-electron chi connectivity index (χ1n) is 6.24. The maximum atomic E-state index is 13.5. The molecule has 0 aromatic heterocycles. The van der Waals surface area contributed by atoms with Crippen LogP contribution in [0.5, 0.6) is 0 Å². The number of nitrogens with two attached hydrogens (primary N) is 1. The van der Waals surface area contributed by atoms with Crippen molar-refractivity contribution in [3.63, 3.8) is 0 Å². The molecule has 3 nitrogen and oxygen atoms in total. The Morgan fingerprint density at radius 3 is 3.06 bits per heavy atom. The molecule has 2 rings (SSSR count). The minimum absolute atomic E-state index is 0.0562. The maximum absolute atomic E-state index is 13.5. The van der Waals surface area contributed by atoms with E-state index in [4.69, 9.17) is 10.6 Å². The lowest BCUT2D eigenvalue weighted by molar-refractivity contribution is 0.0996. The zero-order chi connectivity index (χ0) is 13.0. The smallest absolute Gasteiger partial charge is 0.137 e. The summed E-state index contributed by atoms with van der Waals surface area (Å²) in [4.78, 5) is 0. The van der Waals surface area contributed by atoms with Crippen LogP contribution in [0.3, 0.4) is 0 Å². The molecule has 1 heterocycles. The average molecular weight is 317 g/mol. The van der Waals surface area contributed by atoms with Gasteiger partial charge in [-0.1, -0.05) is 12.1 Å². The Bertz CT molecular complexity index is 397. The lowest BCUT2D eigenvalue weighted by Crippen LogP contribution is -2.29. The van der Waals surface area contributed by atoms with E-state index in [1.807, 2.05) is 6.07 Å². The van der Waals surface area contributed by atoms with Crippen molar-refractivity contribution >= 4 is 15.9 Å². The largest absolute Gasteiger partial charge is 0.378 e. The molecule has 1 saturated heterocycles. The van der Waals surface area contributed by atoms with Crippen LogP contribution in [-0.4, -0.2) is 12.7 Å². The third-order valence-electron chi connectivity index (χ3n) is 3.36. The van der Waals surface area contributed by atoms with E-state index in [9.17, 15) is 4.39 Å². The summed E-state index contributed by atoms with van der Waals surface area (Å²) in [5.74, 6) is 5.32. The minimum atomic E-state index is -0.259. The molecule has 5 heteroatoms. The minimum Gasteiger partial charge on any atom is -0.378 e. The highest BCUT2D eigenvalue weighted by atomic mass is 79.9. The predicted molar refractivity (Wildman–Crippen MR) is 72.4 cm³/mol. The van der Waals surface area contributed by atoms with Gasteiger partial charge in [-0.3, -0.25) is 11.3 Å². The molecule has 0 aliphatic carbocycles. The summed E-state index contributed by atoms with van der Waals surface area (Å²) in [5.41, 5.74) is 3.62. The number of hydrogen-bond donors (Lipinski definition) is 2. The lowest BCUT2D eigenvalue weighted by Gasteiger charge is -2.19. The standard InChI is InChI=1S/C13H18BrFN2O/c14-13-10(4-1-5-11(13)15)12(17-16)7-6-9-3-2-8-18-9/h1,4-5,9,12,17H,2-3,6-8,16H2. The SMILES string of the molecule is NNC(CCC1CCCO1)c1cccc(F)c1Br. The van der Waals surface area contributed by atoms with Gasteiger partial charge in [0.2, 0.25) is 0 Å². The van der Waals surface area contributed by atoms with E-state index in [1.165, 1.54) is 6.07 Å². The van der Waals surface area contributed by atoms with Crippen LogP contribution in [0.2, 0.25) is 0 Å². The zero-order valence-electron chi connectivity index (χ0n) is 10.2. The van der Waals surface area contributed by atoms with Gasteiger partial charge in [-0.05, 0) is 53.2 Å². The molecule has 0 amide bonds. The lowest BCUT2D eigenvalue weighted by atomic mass is 10.00. The number of hydrazine groups is 1. The maximum Gasteiger partial charge on any atom is 0.137 e. The highest BCUT2D eigenvalue weighted by Crippen LogP contribution is 2.30. The van der Waals surface area contributed by atoms with Gasteiger partial charge in [-0.25, -0.2) is 4.39 Å². The number of ether oxygens (including phenoxy) is 1. The first-order valence-corrected chi connectivity index (χ1v) is 7.03. The highest BCUT2D eigenvalue weighted by molar-refractivity contribution is 9.10. The molecule has 1 aliphatic rings. The molecule has 1 fully saturated rings. The molecule has 1 aromatic rings. The van der Waals surface area contributed by atoms with Crippen molar-refractivity contribution in [3.05, 3.63) is 34.1 Å². The van der Waals surface area contributed by atoms with Gasteiger partial charge < -0.3 is 4.74 Å². The van der Waals surface area contributed by atoms with E-state index in [1.54, 1.807) is 6.07 Å². The van der Waals surface area contributed by atoms with Gasteiger partial charge in [-0.15, -0.1) is 0 Å².